The molecule has 4 aliphatic heterocycles. The van der Waals surface area contributed by atoms with Gasteiger partial charge in [-0.3, -0.25) is 24.0 Å². The molecule has 4 heterocycles. The topological polar surface area (TPSA) is 217 Å². The van der Waals surface area contributed by atoms with Crippen LogP contribution >= 0.6 is 11.8 Å². The van der Waals surface area contributed by atoms with Crippen LogP contribution in [0.1, 0.15) is 89.5 Å². The number of carbonyl (C=O) groups is 6. The van der Waals surface area contributed by atoms with Crippen LogP contribution in [0.2, 0.25) is 0 Å². The number of allylic oxidation sites excluding steroid dienone is 4. The van der Waals surface area contributed by atoms with E-state index in [0.29, 0.717) is 17.4 Å². The standard InChI is InChI=1S/C46H56N8O7S/c1-25(48-39(56)16-9-8-15-36-40-33(24-62-36)52-45(60)53-40)42(57)49-26(2)43(58)51-32(23-38(47)55)44(59)50-30-19-17-28-21-29-12-10-11-27(41(29)61-35(28)22-30)18-20-37-46(3,4)31-13-6-7-14-34(31)54(37)5/h6-7,13-14,17-22,25-26,32-33,36,40H,8-12,15-16,23-24H2,1-5H3,(H2,47,55)(H,48,56)(H,49,57)(H,51,58)(H2,52,53,60)/b27-18+,37-20+,50-30?/t25-,26-,32-,33-,36-,40-/m0/s1. The molecular weight excluding hydrogens is 809 g/mol. The Bertz CT molecular complexity index is 2370. The number of likely N-dealkylation sites (N-methyl/N-ethyl adjacent to an activating group) is 1. The second-order valence-corrected chi connectivity index (χ2v) is 18.5. The number of rotatable bonds is 14. The summed E-state index contributed by atoms with van der Waals surface area (Å²) in [7, 11) is 2.09. The molecule has 2 fully saturated rings. The molecule has 1 aromatic carbocycles. The van der Waals surface area contributed by atoms with Gasteiger partial charge in [-0.1, -0.05) is 44.5 Å². The molecule has 0 spiro atoms. The molecule has 0 aromatic heterocycles. The van der Waals surface area contributed by atoms with Crippen molar-refractivity contribution < 1.29 is 33.2 Å². The molecule has 1 aromatic rings. The van der Waals surface area contributed by atoms with E-state index in [-0.39, 0.29) is 41.2 Å². The Morgan fingerprint density at radius 1 is 0.984 bits per heavy atom. The van der Waals surface area contributed by atoms with Crippen molar-refractivity contribution in [2.24, 2.45) is 10.7 Å². The van der Waals surface area contributed by atoms with Crippen LogP contribution in [0.4, 0.5) is 10.5 Å². The van der Waals surface area contributed by atoms with Crippen LogP contribution in [-0.4, -0.2) is 83.8 Å². The summed E-state index contributed by atoms with van der Waals surface area (Å²) in [6.07, 6.45) is 9.01. The number of hydrogen-bond acceptors (Lipinski definition) is 9. The first-order valence-electron chi connectivity index (χ1n) is 21.4. The minimum Gasteiger partial charge on any atom is -0.456 e. The fourth-order valence-corrected chi connectivity index (χ4v) is 10.4. The highest BCUT2D eigenvalue weighted by Gasteiger charge is 2.42. The Morgan fingerprint density at radius 2 is 1.74 bits per heavy atom. The molecule has 6 aliphatic rings. The Labute approximate surface area is 365 Å². The van der Waals surface area contributed by atoms with Gasteiger partial charge in [0.2, 0.25) is 23.6 Å². The number of hydrogen-bond donors (Lipinski definition) is 6. The highest BCUT2D eigenvalue weighted by Crippen LogP contribution is 2.47. The molecule has 2 saturated heterocycles. The van der Waals surface area contributed by atoms with Gasteiger partial charge in [-0.05, 0) is 93.0 Å². The summed E-state index contributed by atoms with van der Waals surface area (Å²) in [5, 5.41) is 14.2. The first-order valence-corrected chi connectivity index (χ1v) is 22.4. The Morgan fingerprint density at radius 3 is 2.52 bits per heavy atom. The van der Waals surface area contributed by atoms with Gasteiger partial charge in [0.1, 0.15) is 29.6 Å². The van der Waals surface area contributed by atoms with Crippen molar-refractivity contribution in [3.8, 4) is 11.3 Å². The van der Waals surface area contributed by atoms with Gasteiger partial charge in [0, 0.05) is 52.9 Å². The summed E-state index contributed by atoms with van der Waals surface area (Å²) in [6.45, 7) is 7.40. The number of anilines is 1. The number of benzene rings is 2. The predicted molar refractivity (Wildman–Crippen MR) is 238 cm³/mol. The number of amides is 7. The van der Waals surface area contributed by atoms with Crippen molar-refractivity contribution in [1.82, 2.24) is 26.6 Å². The molecule has 7 amide bonds. The number of carbonyl (C=O) groups excluding carboxylic acids is 6. The number of nitrogens with zero attached hydrogens (tertiary/aromatic N) is 2. The van der Waals surface area contributed by atoms with Gasteiger partial charge in [0.05, 0.1) is 23.9 Å². The number of nitrogens with one attached hydrogen (secondary N) is 5. The number of fused-ring (bicyclic) bond motifs is 4. The quantitative estimate of drug-likeness (QED) is 0.102. The number of urea groups is 1. The van der Waals surface area contributed by atoms with E-state index in [1.54, 1.807) is 12.1 Å². The molecule has 7 rings (SSSR count). The van der Waals surface area contributed by atoms with Gasteiger partial charge in [-0.2, -0.15) is 11.8 Å². The van der Waals surface area contributed by atoms with Crippen molar-refractivity contribution in [3.63, 3.8) is 0 Å². The van der Waals surface area contributed by atoms with Gasteiger partial charge >= 0.3 is 6.03 Å². The largest absolute Gasteiger partial charge is 0.456 e. The van der Waals surface area contributed by atoms with E-state index in [2.05, 4.69) is 99.9 Å². The molecule has 0 radical (unpaired) electrons. The zero-order valence-corrected chi connectivity index (χ0v) is 36.7. The smallest absolute Gasteiger partial charge is 0.315 e. The first kappa shape index (κ1) is 44.2. The van der Waals surface area contributed by atoms with Crippen molar-refractivity contribution in [2.75, 3.05) is 17.7 Å². The lowest BCUT2D eigenvalue weighted by Crippen LogP contribution is -2.54. The van der Waals surface area contributed by atoms with E-state index in [4.69, 9.17) is 10.2 Å². The van der Waals surface area contributed by atoms with Crippen LogP contribution in [0, 0.1) is 0 Å². The maximum Gasteiger partial charge on any atom is 0.315 e. The molecule has 6 atom stereocenters. The van der Waals surface area contributed by atoms with E-state index >= 15 is 0 Å². The van der Waals surface area contributed by atoms with Gasteiger partial charge in [0.15, 0.2) is 0 Å². The summed E-state index contributed by atoms with van der Waals surface area (Å²) in [5.74, 6) is -1.09. The molecule has 16 heteroatoms. The molecule has 328 valence electrons. The number of thioether (sulfide) groups is 1. The van der Waals surface area contributed by atoms with Crippen molar-refractivity contribution in [1.29, 1.82) is 0 Å². The number of unbranched alkanes of at least 4 members (excludes halogenated alkanes) is 1. The third-order valence-corrected chi connectivity index (χ3v) is 13.8. The number of nitrogens with two attached hydrogens (primary N) is 1. The maximum atomic E-state index is 13.5. The van der Waals surface area contributed by atoms with Gasteiger partial charge in [0.25, 0.3) is 5.91 Å². The Kier molecular flexibility index (Phi) is 13.3. The third-order valence-electron chi connectivity index (χ3n) is 12.3. The zero-order valence-electron chi connectivity index (χ0n) is 35.8. The number of primary amides is 1. The van der Waals surface area contributed by atoms with Gasteiger partial charge in [-0.15, -0.1) is 0 Å². The van der Waals surface area contributed by atoms with Crippen LogP contribution in [0.15, 0.2) is 75.8 Å². The van der Waals surface area contributed by atoms with Crippen molar-refractivity contribution in [2.45, 2.75) is 120 Å². The third kappa shape index (κ3) is 9.75. The highest BCUT2D eigenvalue weighted by atomic mass is 32.2. The molecular formula is C46H56N8O7S. The molecule has 7 N–H and O–H groups in total. The number of para-hydroxylation sites is 1. The van der Waals surface area contributed by atoms with E-state index in [1.807, 2.05) is 17.8 Å². The lowest BCUT2D eigenvalue weighted by Gasteiger charge is -2.24. The normalized spacial score (nSPS) is 22.9. The fourth-order valence-electron chi connectivity index (χ4n) is 8.87. The molecule has 0 unspecified atom stereocenters. The van der Waals surface area contributed by atoms with Crippen molar-refractivity contribution >= 4 is 58.6 Å². The summed E-state index contributed by atoms with van der Waals surface area (Å²) in [5.41, 5.74) is 12.0. The first-order chi connectivity index (χ1) is 29.6. The molecule has 2 aliphatic carbocycles. The SMILES string of the molecule is C[C@H](NC(=O)CCCC[C@@H]1SC[C@@H]2NC(=O)N[C@@H]21)C(=O)N[C@@H](C)C(=O)N[C@@H](CC(N)=O)C(=O)N=c1ccc2cc3c(oc-2c1)/C(=C/C=C1/N(C)c2ccccc2C1(C)C)CCC3. The lowest BCUT2D eigenvalue weighted by molar-refractivity contribution is -0.133. The summed E-state index contributed by atoms with van der Waals surface area (Å²) >= 11 is 1.81. The fraction of sp³-hybridized carbons (Fsp3) is 0.457. The van der Waals surface area contributed by atoms with Crippen LogP contribution in [0.25, 0.3) is 16.9 Å². The van der Waals surface area contributed by atoms with Crippen LogP contribution in [0.3, 0.4) is 0 Å². The van der Waals surface area contributed by atoms with Gasteiger partial charge in [-0.25, -0.2) is 9.79 Å². The predicted octanol–water partition coefficient (Wildman–Crippen LogP) is 3.94. The summed E-state index contributed by atoms with van der Waals surface area (Å²) < 4.78 is 6.53. The second-order valence-electron chi connectivity index (χ2n) is 17.2. The monoisotopic (exact) mass is 864 g/mol. The average Bonchev–Trinajstić information content (AvgIpc) is 3.85. The summed E-state index contributed by atoms with van der Waals surface area (Å²) in [6, 6.07) is 12.3. The van der Waals surface area contributed by atoms with E-state index in [0.717, 1.165) is 60.3 Å². The highest BCUT2D eigenvalue weighted by molar-refractivity contribution is 8.00. The molecule has 62 heavy (non-hydrogen) atoms. The average molecular weight is 865 g/mol. The van der Waals surface area contributed by atoms with E-state index in [9.17, 15) is 28.8 Å². The zero-order chi connectivity index (χ0) is 44.3. The van der Waals surface area contributed by atoms with Crippen molar-refractivity contribution in [3.05, 3.63) is 88.6 Å². The van der Waals surface area contributed by atoms with Crippen LogP contribution in [-0.2, 0) is 35.8 Å². The minimum absolute atomic E-state index is 0.104. The molecule has 0 saturated carbocycles. The minimum atomic E-state index is -1.39. The lowest BCUT2D eigenvalue weighted by atomic mass is 9.83. The van der Waals surface area contributed by atoms with Gasteiger partial charge < -0.3 is 41.6 Å². The van der Waals surface area contributed by atoms with E-state index < -0.39 is 48.2 Å². The van der Waals surface area contributed by atoms with Crippen LogP contribution < -0.4 is 42.6 Å². The number of aryl methyl sites for hydroxylation is 1. The Hall–Kier alpha value is -5.90. The van der Waals surface area contributed by atoms with E-state index in [1.165, 1.54) is 30.8 Å². The second kappa shape index (κ2) is 18.6. The molecule has 0 bridgehead atoms. The molecule has 15 nitrogen and oxygen atoms in total. The van der Waals surface area contributed by atoms with Crippen LogP contribution in [0.5, 0.6) is 0 Å². The maximum absolute atomic E-state index is 13.5. The Balaban J connectivity index is 0.957. The summed E-state index contributed by atoms with van der Waals surface area (Å²) in [4.78, 5) is 82.4.